The number of nitrogens with zero attached hydrogens (tertiary/aromatic N) is 2. The quantitative estimate of drug-likeness (QED) is 0.740. The van der Waals surface area contributed by atoms with E-state index in [4.69, 9.17) is 0 Å². The molecule has 122 valence electrons. The zero-order valence-electron chi connectivity index (χ0n) is 14.3. The van der Waals surface area contributed by atoms with Gasteiger partial charge >= 0.3 is 0 Å². The van der Waals surface area contributed by atoms with Crippen LogP contribution in [0.15, 0.2) is 0 Å². The van der Waals surface area contributed by atoms with E-state index in [9.17, 15) is 0 Å². The van der Waals surface area contributed by atoms with Crippen LogP contribution in [0, 0.1) is 10.8 Å². The van der Waals surface area contributed by atoms with Gasteiger partial charge in [0.05, 0.1) is 0 Å². The van der Waals surface area contributed by atoms with Gasteiger partial charge in [0.2, 0.25) is 0 Å². The Balaban J connectivity index is 0.000000131. The molecule has 1 N–H and O–H groups in total. The van der Waals surface area contributed by atoms with Crippen molar-refractivity contribution in [1.29, 1.82) is 0 Å². The fourth-order valence-electron chi connectivity index (χ4n) is 5.09. The van der Waals surface area contributed by atoms with Crippen molar-refractivity contribution in [3.63, 3.8) is 0 Å². The molecule has 21 heavy (non-hydrogen) atoms. The molecule has 3 heterocycles. The van der Waals surface area contributed by atoms with Crippen molar-refractivity contribution in [3.05, 3.63) is 0 Å². The summed E-state index contributed by atoms with van der Waals surface area (Å²) in [5.41, 5.74) is 1.55. The summed E-state index contributed by atoms with van der Waals surface area (Å²) in [5, 5.41) is 3.45. The first-order chi connectivity index (χ1) is 10.1. The normalized spacial score (nSPS) is 31.7. The standard InChI is InChI=1S/C10H20N2.C8H15N/c1-12-8-4-10(5-9-12)2-6-11-7-3-10;1-9-6-8(7-9)4-2-3-5-8/h11H,2-9H2,1H3;2-7H2,1H3. The number of likely N-dealkylation sites (tertiary alicyclic amines) is 2. The first-order valence-electron chi connectivity index (χ1n) is 9.19. The fourth-order valence-corrected chi connectivity index (χ4v) is 5.09. The van der Waals surface area contributed by atoms with Crippen molar-refractivity contribution in [2.75, 3.05) is 53.4 Å². The molecule has 4 rings (SSSR count). The monoisotopic (exact) mass is 293 g/mol. The van der Waals surface area contributed by atoms with Crippen LogP contribution in [-0.4, -0.2) is 63.2 Å². The lowest BCUT2D eigenvalue weighted by Gasteiger charge is -2.46. The van der Waals surface area contributed by atoms with Crippen molar-refractivity contribution < 1.29 is 0 Å². The Hall–Kier alpha value is -0.120. The Bertz CT molecular complexity index is 311. The van der Waals surface area contributed by atoms with E-state index in [1.165, 1.54) is 90.6 Å². The lowest BCUT2D eigenvalue weighted by atomic mass is 9.72. The van der Waals surface area contributed by atoms with Gasteiger partial charge in [-0.05, 0) is 89.6 Å². The first-order valence-corrected chi connectivity index (χ1v) is 9.19. The summed E-state index contributed by atoms with van der Waals surface area (Å²) in [7, 11) is 4.47. The van der Waals surface area contributed by atoms with Gasteiger partial charge in [0, 0.05) is 13.1 Å². The third-order valence-corrected chi connectivity index (χ3v) is 6.59. The van der Waals surface area contributed by atoms with Crippen molar-refractivity contribution in [2.24, 2.45) is 10.8 Å². The Morgan fingerprint density at radius 3 is 1.76 bits per heavy atom. The van der Waals surface area contributed by atoms with Crippen LogP contribution in [0.1, 0.15) is 51.4 Å². The van der Waals surface area contributed by atoms with Crippen LogP contribution < -0.4 is 5.32 Å². The molecular weight excluding hydrogens is 258 g/mol. The highest BCUT2D eigenvalue weighted by atomic mass is 15.2. The van der Waals surface area contributed by atoms with Crippen LogP contribution >= 0.6 is 0 Å². The minimum atomic E-state index is 0.734. The van der Waals surface area contributed by atoms with Gasteiger partial charge in [-0.1, -0.05) is 12.8 Å². The summed E-state index contributed by atoms with van der Waals surface area (Å²) in [6, 6.07) is 0. The van der Waals surface area contributed by atoms with E-state index in [-0.39, 0.29) is 0 Å². The minimum absolute atomic E-state index is 0.734. The molecule has 2 spiro atoms. The fraction of sp³-hybridized carbons (Fsp3) is 1.00. The van der Waals surface area contributed by atoms with E-state index in [0.29, 0.717) is 0 Å². The zero-order chi connectivity index (χ0) is 14.8. The molecule has 3 aliphatic heterocycles. The molecule has 3 nitrogen and oxygen atoms in total. The summed E-state index contributed by atoms with van der Waals surface area (Å²) in [5.74, 6) is 0. The zero-order valence-corrected chi connectivity index (χ0v) is 14.3. The van der Waals surface area contributed by atoms with Crippen LogP contribution in [0.25, 0.3) is 0 Å². The van der Waals surface area contributed by atoms with Gasteiger partial charge in [0.15, 0.2) is 0 Å². The Morgan fingerprint density at radius 2 is 1.24 bits per heavy atom. The maximum atomic E-state index is 3.45. The second-order valence-electron chi connectivity index (χ2n) is 8.43. The molecule has 0 unspecified atom stereocenters. The van der Waals surface area contributed by atoms with E-state index in [1.54, 1.807) is 0 Å². The lowest BCUT2D eigenvalue weighted by molar-refractivity contribution is 0.0289. The highest BCUT2D eigenvalue weighted by Gasteiger charge is 2.42. The van der Waals surface area contributed by atoms with Crippen LogP contribution in [-0.2, 0) is 0 Å². The van der Waals surface area contributed by atoms with Gasteiger partial charge in [-0.25, -0.2) is 0 Å². The second kappa shape index (κ2) is 6.55. The van der Waals surface area contributed by atoms with Gasteiger partial charge in [-0.3, -0.25) is 0 Å². The maximum Gasteiger partial charge on any atom is 0.00474 e. The average molecular weight is 293 g/mol. The molecule has 0 bridgehead atoms. The molecule has 4 aliphatic rings. The largest absolute Gasteiger partial charge is 0.317 e. The molecule has 0 radical (unpaired) electrons. The third-order valence-electron chi connectivity index (χ3n) is 6.59. The van der Waals surface area contributed by atoms with E-state index in [2.05, 4.69) is 29.2 Å². The summed E-state index contributed by atoms with van der Waals surface area (Å²) in [6.45, 7) is 7.91. The second-order valence-corrected chi connectivity index (χ2v) is 8.43. The predicted molar refractivity (Wildman–Crippen MR) is 89.7 cm³/mol. The third kappa shape index (κ3) is 3.80. The number of rotatable bonds is 0. The van der Waals surface area contributed by atoms with Crippen LogP contribution in [0.4, 0.5) is 0 Å². The summed E-state index contributed by atoms with van der Waals surface area (Å²) in [4.78, 5) is 4.90. The molecule has 3 heteroatoms. The smallest absolute Gasteiger partial charge is 0.00474 e. The van der Waals surface area contributed by atoms with E-state index < -0.39 is 0 Å². The van der Waals surface area contributed by atoms with E-state index in [1.807, 2.05) is 0 Å². The molecular formula is C18H35N3. The Labute approximate surface area is 131 Å². The number of piperidine rings is 2. The molecule has 0 aromatic heterocycles. The molecule has 0 aromatic rings. The molecule has 4 fully saturated rings. The highest BCUT2D eigenvalue weighted by molar-refractivity contribution is 4.96. The van der Waals surface area contributed by atoms with Gasteiger partial charge < -0.3 is 15.1 Å². The molecule has 0 atom stereocenters. The SMILES string of the molecule is CN1CC2(CCCC2)C1.CN1CCC2(CCNCC2)CC1. The van der Waals surface area contributed by atoms with Crippen LogP contribution in [0.3, 0.4) is 0 Å². The maximum absolute atomic E-state index is 3.45. The van der Waals surface area contributed by atoms with Crippen molar-refractivity contribution in [2.45, 2.75) is 51.4 Å². The number of nitrogens with one attached hydrogen (secondary N) is 1. The predicted octanol–water partition coefficient (Wildman–Crippen LogP) is 2.57. The van der Waals surface area contributed by atoms with Gasteiger partial charge in [0.1, 0.15) is 0 Å². The van der Waals surface area contributed by atoms with E-state index in [0.717, 1.165) is 10.8 Å². The minimum Gasteiger partial charge on any atom is -0.317 e. The Kier molecular flexibility index (Phi) is 4.92. The number of hydrogen-bond donors (Lipinski definition) is 1. The molecule has 3 saturated heterocycles. The lowest BCUT2D eigenvalue weighted by Crippen LogP contribution is -2.52. The molecule has 0 amide bonds. The van der Waals surface area contributed by atoms with Crippen molar-refractivity contribution in [3.8, 4) is 0 Å². The van der Waals surface area contributed by atoms with Crippen LogP contribution in [0.5, 0.6) is 0 Å². The summed E-state index contributed by atoms with van der Waals surface area (Å²) < 4.78 is 0. The molecule has 1 aliphatic carbocycles. The summed E-state index contributed by atoms with van der Waals surface area (Å²) in [6.07, 6.45) is 11.7. The highest BCUT2D eigenvalue weighted by Crippen LogP contribution is 2.44. The molecule has 0 aromatic carbocycles. The Morgan fingerprint density at radius 1 is 0.667 bits per heavy atom. The van der Waals surface area contributed by atoms with Gasteiger partial charge in [-0.2, -0.15) is 0 Å². The van der Waals surface area contributed by atoms with Crippen molar-refractivity contribution >= 4 is 0 Å². The van der Waals surface area contributed by atoms with Crippen LogP contribution in [0.2, 0.25) is 0 Å². The topological polar surface area (TPSA) is 18.5 Å². The average Bonchev–Trinajstić information content (AvgIpc) is 2.94. The van der Waals surface area contributed by atoms with E-state index >= 15 is 0 Å². The van der Waals surface area contributed by atoms with Gasteiger partial charge in [-0.15, -0.1) is 0 Å². The van der Waals surface area contributed by atoms with Gasteiger partial charge in [0.25, 0.3) is 0 Å². The number of hydrogen-bond acceptors (Lipinski definition) is 3. The summed E-state index contributed by atoms with van der Waals surface area (Å²) >= 11 is 0. The molecule has 1 saturated carbocycles. The first kappa shape index (κ1) is 15.8. The van der Waals surface area contributed by atoms with Crippen molar-refractivity contribution in [1.82, 2.24) is 15.1 Å².